The first-order chi connectivity index (χ1) is 5.70. The van der Waals surface area contributed by atoms with E-state index in [2.05, 4.69) is 14.7 Å². The Morgan fingerprint density at radius 2 is 2.50 bits per heavy atom. The SMILES string of the molecule is O=C(NCc1ncon1)C(F)F. The Hall–Kier alpha value is -1.53. The van der Waals surface area contributed by atoms with E-state index in [0.717, 1.165) is 6.39 Å². The fourth-order valence-corrected chi connectivity index (χ4v) is 0.514. The summed E-state index contributed by atoms with van der Waals surface area (Å²) in [5.74, 6) is -1.19. The number of hydrogen-bond donors (Lipinski definition) is 1. The van der Waals surface area contributed by atoms with E-state index in [-0.39, 0.29) is 12.4 Å². The molecule has 1 heterocycles. The summed E-state index contributed by atoms with van der Waals surface area (Å²) in [6, 6.07) is 0. The summed E-state index contributed by atoms with van der Waals surface area (Å²) in [5.41, 5.74) is 0. The van der Waals surface area contributed by atoms with Crippen LogP contribution in [0.2, 0.25) is 0 Å². The second-order valence-corrected chi connectivity index (χ2v) is 1.87. The highest BCUT2D eigenvalue weighted by Gasteiger charge is 2.14. The molecule has 0 fully saturated rings. The van der Waals surface area contributed by atoms with Gasteiger partial charge >= 0.3 is 6.43 Å². The predicted octanol–water partition coefficient (Wildman–Crippen LogP) is -0.0491. The summed E-state index contributed by atoms with van der Waals surface area (Å²) in [4.78, 5) is 13.8. The Bertz CT molecular complexity index is 249. The molecule has 5 nitrogen and oxygen atoms in total. The lowest BCUT2D eigenvalue weighted by Gasteiger charge is -1.98. The lowest BCUT2D eigenvalue weighted by molar-refractivity contribution is -0.131. The largest absolute Gasteiger partial charge is 0.344 e. The van der Waals surface area contributed by atoms with Crippen LogP contribution in [0, 0.1) is 0 Å². The average molecular weight is 177 g/mol. The zero-order valence-corrected chi connectivity index (χ0v) is 5.83. The topological polar surface area (TPSA) is 68.0 Å². The fourth-order valence-electron chi connectivity index (χ4n) is 0.514. The van der Waals surface area contributed by atoms with E-state index < -0.39 is 12.3 Å². The van der Waals surface area contributed by atoms with Crippen molar-refractivity contribution in [2.75, 3.05) is 0 Å². The van der Waals surface area contributed by atoms with E-state index in [4.69, 9.17) is 0 Å². The zero-order valence-electron chi connectivity index (χ0n) is 5.83. The van der Waals surface area contributed by atoms with Crippen molar-refractivity contribution in [1.82, 2.24) is 15.5 Å². The minimum Gasteiger partial charge on any atom is -0.344 e. The minimum absolute atomic E-state index is 0.153. The van der Waals surface area contributed by atoms with Gasteiger partial charge in [0.1, 0.15) is 0 Å². The Morgan fingerprint density at radius 3 is 3.00 bits per heavy atom. The number of carbonyl (C=O) groups excluding carboxylic acids is 1. The lowest BCUT2D eigenvalue weighted by atomic mass is 10.5. The molecular weight excluding hydrogens is 172 g/mol. The van der Waals surface area contributed by atoms with Crippen LogP contribution < -0.4 is 5.32 Å². The molecular formula is C5H5F2N3O2. The number of amides is 1. The smallest absolute Gasteiger partial charge is 0.315 e. The van der Waals surface area contributed by atoms with Gasteiger partial charge in [0.05, 0.1) is 6.54 Å². The minimum atomic E-state index is -3.02. The number of carbonyl (C=O) groups is 1. The number of aromatic nitrogens is 2. The maximum Gasteiger partial charge on any atom is 0.315 e. The standard InChI is InChI=1S/C5H5F2N3O2/c6-4(7)5(11)8-1-3-9-2-12-10-3/h2,4H,1H2,(H,8,11). The molecule has 66 valence electrons. The molecule has 0 unspecified atom stereocenters. The van der Waals surface area contributed by atoms with Gasteiger partial charge in [-0.3, -0.25) is 4.79 Å². The normalized spacial score (nSPS) is 10.2. The van der Waals surface area contributed by atoms with E-state index in [1.807, 2.05) is 5.32 Å². The average Bonchev–Trinajstić information content (AvgIpc) is 2.51. The second-order valence-electron chi connectivity index (χ2n) is 1.87. The highest BCUT2D eigenvalue weighted by atomic mass is 19.3. The van der Waals surface area contributed by atoms with E-state index in [1.54, 1.807) is 0 Å². The molecule has 1 aromatic heterocycles. The molecule has 1 aromatic rings. The van der Waals surface area contributed by atoms with Crippen LogP contribution in [0.15, 0.2) is 10.9 Å². The van der Waals surface area contributed by atoms with E-state index in [9.17, 15) is 13.6 Å². The number of nitrogens with zero attached hydrogens (tertiary/aromatic N) is 2. The molecule has 0 bridgehead atoms. The number of nitrogens with one attached hydrogen (secondary N) is 1. The molecule has 12 heavy (non-hydrogen) atoms. The summed E-state index contributed by atoms with van der Waals surface area (Å²) < 4.78 is 27.5. The Morgan fingerprint density at radius 1 is 1.75 bits per heavy atom. The van der Waals surface area contributed by atoms with Crippen LogP contribution in [-0.4, -0.2) is 22.5 Å². The van der Waals surface area contributed by atoms with Gasteiger partial charge in [-0.05, 0) is 0 Å². The third-order valence-corrected chi connectivity index (χ3v) is 1.03. The van der Waals surface area contributed by atoms with Gasteiger partial charge in [-0.25, -0.2) is 0 Å². The summed E-state index contributed by atoms with van der Waals surface area (Å²) in [7, 11) is 0. The number of rotatable bonds is 3. The third kappa shape index (κ3) is 2.26. The molecule has 1 rings (SSSR count). The van der Waals surface area contributed by atoms with E-state index in [0.29, 0.717) is 0 Å². The molecule has 0 aliphatic carbocycles. The molecule has 0 aromatic carbocycles. The molecule has 0 saturated heterocycles. The van der Waals surface area contributed by atoms with Crippen molar-refractivity contribution >= 4 is 5.91 Å². The van der Waals surface area contributed by atoms with E-state index >= 15 is 0 Å². The van der Waals surface area contributed by atoms with Crippen LogP contribution in [0.5, 0.6) is 0 Å². The molecule has 0 spiro atoms. The van der Waals surface area contributed by atoms with Crippen molar-refractivity contribution in [3.63, 3.8) is 0 Å². The molecule has 0 radical (unpaired) electrons. The highest BCUT2D eigenvalue weighted by molar-refractivity contribution is 5.78. The van der Waals surface area contributed by atoms with Gasteiger partial charge in [-0.2, -0.15) is 13.8 Å². The van der Waals surface area contributed by atoms with Crippen molar-refractivity contribution in [2.45, 2.75) is 13.0 Å². The van der Waals surface area contributed by atoms with Gasteiger partial charge in [0.25, 0.3) is 5.91 Å². The van der Waals surface area contributed by atoms with Crippen molar-refractivity contribution < 1.29 is 18.1 Å². The third-order valence-electron chi connectivity index (χ3n) is 1.03. The molecule has 0 aliphatic heterocycles. The molecule has 0 atom stereocenters. The Balaban J connectivity index is 2.32. The van der Waals surface area contributed by atoms with Crippen LogP contribution in [0.1, 0.15) is 5.82 Å². The Kier molecular flexibility index (Phi) is 2.67. The predicted molar refractivity (Wildman–Crippen MR) is 32.1 cm³/mol. The first kappa shape index (κ1) is 8.57. The van der Waals surface area contributed by atoms with Crippen molar-refractivity contribution in [1.29, 1.82) is 0 Å². The van der Waals surface area contributed by atoms with Gasteiger partial charge in [0.2, 0.25) is 6.39 Å². The van der Waals surface area contributed by atoms with E-state index in [1.165, 1.54) is 0 Å². The maximum atomic E-state index is 11.6. The fraction of sp³-hybridized carbons (Fsp3) is 0.400. The van der Waals surface area contributed by atoms with Crippen LogP contribution >= 0.6 is 0 Å². The van der Waals surface area contributed by atoms with Gasteiger partial charge in [0, 0.05) is 0 Å². The second kappa shape index (κ2) is 3.74. The summed E-state index contributed by atoms with van der Waals surface area (Å²) in [6.45, 7) is -0.153. The van der Waals surface area contributed by atoms with Crippen LogP contribution in [-0.2, 0) is 11.3 Å². The molecule has 7 heteroatoms. The van der Waals surface area contributed by atoms with Crippen LogP contribution in [0.25, 0.3) is 0 Å². The van der Waals surface area contributed by atoms with Crippen molar-refractivity contribution in [3.05, 3.63) is 12.2 Å². The first-order valence-electron chi connectivity index (χ1n) is 3.01. The molecule has 1 amide bonds. The quantitative estimate of drug-likeness (QED) is 0.702. The molecule has 0 aliphatic rings. The number of hydrogen-bond acceptors (Lipinski definition) is 4. The summed E-state index contributed by atoms with van der Waals surface area (Å²) in [5, 5.41) is 5.21. The first-order valence-corrected chi connectivity index (χ1v) is 3.01. The van der Waals surface area contributed by atoms with Crippen molar-refractivity contribution in [2.24, 2.45) is 0 Å². The van der Waals surface area contributed by atoms with Crippen LogP contribution in [0.4, 0.5) is 8.78 Å². The summed E-state index contributed by atoms with van der Waals surface area (Å²) in [6.07, 6.45) is -1.97. The number of alkyl halides is 2. The van der Waals surface area contributed by atoms with Crippen molar-refractivity contribution in [3.8, 4) is 0 Å². The number of halogens is 2. The van der Waals surface area contributed by atoms with Gasteiger partial charge in [-0.15, -0.1) is 0 Å². The summed E-state index contributed by atoms with van der Waals surface area (Å²) >= 11 is 0. The highest BCUT2D eigenvalue weighted by Crippen LogP contribution is 1.92. The molecule has 0 saturated carbocycles. The Labute approximate surface area is 65.8 Å². The molecule has 1 N–H and O–H groups in total. The maximum absolute atomic E-state index is 11.6. The van der Waals surface area contributed by atoms with Gasteiger partial charge in [-0.1, -0.05) is 5.16 Å². The van der Waals surface area contributed by atoms with Gasteiger partial charge in [0.15, 0.2) is 5.82 Å². The lowest BCUT2D eigenvalue weighted by Crippen LogP contribution is -2.29. The van der Waals surface area contributed by atoms with Crippen LogP contribution in [0.3, 0.4) is 0 Å². The monoisotopic (exact) mass is 177 g/mol. The van der Waals surface area contributed by atoms with Gasteiger partial charge < -0.3 is 9.84 Å². The zero-order chi connectivity index (χ0) is 8.97.